The lowest BCUT2D eigenvalue weighted by Gasteiger charge is -2.32. The second kappa shape index (κ2) is 6.08. The normalized spacial score (nSPS) is 21.0. The summed E-state index contributed by atoms with van der Waals surface area (Å²) in [5.41, 5.74) is 10.6. The molecule has 0 unspecified atom stereocenters. The van der Waals surface area contributed by atoms with Gasteiger partial charge in [0, 0.05) is 5.57 Å². The quantitative estimate of drug-likeness (QED) is 0.529. The largest absolute Gasteiger partial charge is 0.192 e. The third kappa shape index (κ3) is 1.95. The number of fused-ring (bicyclic) bond motifs is 6. The van der Waals surface area contributed by atoms with E-state index in [4.69, 9.17) is 0 Å². The van der Waals surface area contributed by atoms with E-state index >= 15 is 0 Å². The van der Waals surface area contributed by atoms with Crippen LogP contribution in [0.3, 0.4) is 0 Å². The van der Waals surface area contributed by atoms with Crippen LogP contribution in [-0.2, 0) is 5.41 Å². The molecule has 0 radical (unpaired) electrons. The highest BCUT2D eigenvalue weighted by Gasteiger charge is 2.53. The van der Waals surface area contributed by atoms with Crippen LogP contribution in [-0.4, -0.2) is 0 Å². The van der Waals surface area contributed by atoms with Crippen LogP contribution in [0.5, 0.6) is 0 Å². The van der Waals surface area contributed by atoms with Crippen LogP contribution in [0.25, 0.3) is 11.1 Å². The highest BCUT2D eigenvalue weighted by Crippen LogP contribution is 2.64. The van der Waals surface area contributed by atoms with E-state index in [0.717, 1.165) is 12.8 Å². The molecule has 0 saturated carbocycles. The summed E-state index contributed by atoms with van der Waals surface area (Å²) in [6.07, 6.45) is 10.9. The lowest BCUT2D eigenvalue weighted by Crippen LogP contribution is -2.27. The Morgan fingerprint density at radius 3 is 2.32 bits per heavy atom. The maximum atomic E-state index is 9.49. The number of benzene rings is 2. The second-order valence-corrected chi connectivity index (χ2v) is 7.57. The lowest BCUT2D eigenvalue weighted by molar-refractivity contribution is 0.774. The van der Waals surface area contributed by atoms with Crippen molar-refractivity contribution in [2.75, 3.05) is 0 Å². The van der Waals surface area contributed by atoms with Gasteiger partial charge in [0.25, 0.3) is 0 Å². The van der Waals surface area contributed by atoms with Gasteiger partial charge in [-0.1, -0.05) is 73.3 Å². The molecule has 1 heteroatoms. The van der Waals surface area contributed by atoms with Gasteiger partial charge in [0.15, 0.2) is 0 Å². The van der Waals surface area contributed by atoms with Crippen LogP contribution in [0.2, 0.25) is 0 Å². The molecule has 0 saturated heterocycles. The number of hydrogen-bond donors (Lipinski definition) is 0. The van der Waals surface area contributed by atoms with Gasteiger partial charge in [0.05, 0.1) is 11.5 Å². The molecule has 0 amide bonds. The van der Waals surface area contributed by atoms with Gasteiger partial charge in [-0.25, -0.2) is 0 Å². The summed E-state index contributed by atoms with van der Waals surface area (Å²) >= 11 is 0. The standard InChI is InChI=1S/C27H21N/c1-3-19-20-10-4-7-13-23(20)27(26(19)16-18(2)17-28)24-14-8-5-11-21(24)22-12-6-9-15-25(22)27/h3,5-9,11-16H,2,4,10H2,1H3. The first kappa shape index (κ1) is 16.8. The van der Waals surface area contributed by atoms with Crippen LogP contribution in [0.1, 0.15) is 30.9 Å². The maximum Gasteiger partial charge on any atom is 0.0985 e. The molecular weight excluding hydrogens is 338 g/mol. The molecule has 134 valence electrons. The summed E-state index contributed by atoms with van der Waals surface area (Å²) in [7, 11) is 0. The van der Waals surface area contributed by atoms with Crippen LogP contribution in [0, 0.1) is 11.3 Å². The molecule has 0 heterocycles. The predicted molar refractivity (Wildman–Crippen MR) is 115 cm³/mol. The van der Waals surface area contributed by atoms with E-state index in [-0.39, 0.29) is 5.41 Å². The Balaban J connectivity index is 1.97. The number of rotatable bonds is 1. The highest BCUT2D eigenvalue weighted by molar-refractivity contribution is 5.91. The van der Waals surface area contributed by atoms with Gasteiger partial charge < -0.3 is 0 Å². The van der Waals surface area contributed by atoms with E-state index in [9.17, 15) is 5.26 Å². The minimum Gasteiger partial charge on any atom is -0.192 e. The van der Waals surface area contributed by atoms with Gasteiger partial charge in [-0.15, -0.1) is 0 Å². The zero-order chi connectivity index (χ0) is 19.3. The van der Waals surface area contributed by atoms with Crippen molar-refractivity contribution in [2.24, 2.45) is 0 Å². The first-order valence-corrected chi connectivity index (χ1v) is 9.81. The maximum absolute atomic E-state index is 9.49. The summed E-state index contributed by atoms with van der Waals surface area (Å²) in [6.45, 7) is 6.09. The van der Waals surface area contributed by atoms with Gasteiger partial charge in [0.2, 0.25) is 0 Å². The smallest absolute Gasteiger partial charge is 0.0985 e. The number of allylic oxidation sites excluding steroid dienone is 9. The summed E-state index contributed by atoms with van der Waals surface area (Å²) in [5, 5.41) is 9.49. The van der Waals surface area contributed by atoms with Crippen molar-refractivity contribution < 1.29 is 0 Å². The van der Waals surface area contributed by atoms with Crippen LogP contribution >= 0.6 is 0 Å². The lowest BCUT2D eigenvalue weighted by atomic mass is 9.68. The van der Waals surface area contributed by atoms with Gasteiger partial charge in [-0.3, -0.25) is 0 Å². The van der Waals surface area contributed by atoms with E-state index in [1.165, 1.54) is 44.5 Å². The van der Waals surface area contributed by atoms with E-state index in [1.807, 2.05) is 6.08 Å². The van der Waals surface area contributed by atoms with E-state index in [1.54, 1.807) is 0 Å². The van der Waals surface area contributed by atoms with E-state index in [2.05, 4.69) is 86.3 Å². The topological polar surface area (TPSA) is 23.8 Å². The summed E-state index contributed by atoms with van der Waals surface area (Å²) < 4.78 is 0. The Hall–Kier alpha value is -3.37. The first-order valence-electron chi connectivity index (χ1n) is 9.81. The Labute approximate surface area is 166 Å². The van der Waals surface area contributed by atoms with Gasteiger partial charge in [0.1, 0.15) is 0 Å². The molecule has 0 N–H and O–H groups in total. The zero-order valence-electron chi connectivity index (χ0n) is 16.0. The Kier molecular flexibility index (Phi) is 3.64. The van der Waals surface area contributed by atoms with Gasteiger partial charge in [-0.2, -0.15) is 5.26 Å². The van der Waals surface area contributed by atoms with Crippen molar-refractivity contribution in [1.82, 2.24) is 0 Å². The first-order chi connectivity index (χ1) is 13.7. The Bertz CT molecular complexity index is 1150. The van der Waals surface area contributed by atoms with Crippen molar-refractivity contribution in [2.45, 2.75) is 25.2 Å². The molecule has 0 aromatic heterocycles. The summed E-state index contributed by atoms with van der Waals surface area (Å²) in [4.78, 5) is 0. The molecule has 0 atom stereocenters. The third-order valence-corrected chi connectivity index (χ3v) is 6.30. The van der Waals surface area contributed by atoms with Crippen molar-refractivity contribution in [3.8, 4) is 17.2 Å². The average molecular weight is 359 g/mol. The fourth-order valence-electron chi connectivity index (χ4n) is 5.34. The zero-order valence-corrected chi connectivity index (χ0v) is 16.0. The van der Waals surface area contributed by atoms with E-state index in [0.29, 0.717) is 5.57 Å². The van der Waals surface area contributed by atoms with E-state index < -0.39 is 0 Å². The number of nitriles is 1. The molecule has 2 aromatic carbocycles. The average Bonchev–Trinajstić information content (AvgIpc) is 3.20. The minimum absolute atomic E-state index is 0.360. The monoisotopic (exact) mass is 359 g/mol. The van der Waals surface area contributed by atoms with Gasteiger partial charge >= 0.3 is 0 Å². The van der Waals surface area contributed by atoms with Crippen molar-refractivity contribution in [3.63, 3.8) is 0 Å². The Morgan fingerprint density at radius 1 is 1.07 bits per heavy atom. The molecule has 1 nitrogen and oxygen atoms in total. The molecular formula is C27H21N. The Morgan fingerprint density at radius 2 is 1.71 bits per heavy atom. The summed E-state index contributed by atoms with van der Waals surface area (Å²) in [5.74, 6) is 0. The fourth-order valence-corrected chi connectivity index (χ4v) is 5.34. The highest BCUT2D eigenvalue weighted by atomic mass is 14.5. The number of nitrogens with zero attached hydrogens (tertiary/aromatic N) is 1. The van der Waals surface area contributed by atoms with Crippen LogP contribution < -0.4 is 0 Å². The molecule has 0 aliphatic heterocycles. The molecule has 28 heavy (non-hydrogen) atoms. The molecule has 5 rings (SSSR count). The van der Waals surface area contributed by atoms with Crippen molar-refractivity contribution in [3.05, 3.63) is 118 Å². The number of hydrogen-bond acceptors (Lipinski definition) is 1. The van der Waals surface area contributed by atoms with Crippen molar-refractivity contribution >= 4 is 0 Å². The van der Waals surface area contributed by atoms with Crippen molar-refractivity contribution in [1.29, 1.82) is 5.26 Å². The van der Waals surface area contributed by atoms with Crippen LogP contribution in [0.4, 0.5) is 0 Å². The molecule has 3 aliphatic rings. The molecule has 1 spiro atoms. The predicted octanol–water partition coefficient (Wildman–Crippen LogP) is 6.57. The second-order valence-electron chi connectivity index (χ2n) is 7.57. The van der Waals surface area contributed by atoms with Crippen LogP contribution in [0.15, 0.2) is 107 Å². The molecule has 0 bridgehead atoms. The summed E-state index contributed by atoms with van der Waals surface area (Å²) in [6, 6.07) is 19.7. The fraction of sp³-hybridized carbons (Fsp3) is 0.148. The molecule has 2 aromatic rings. The van der Waals surface area contributed by atoms with Gasteiger partial charge in [-0.05, 0) is 70.4 Å². The minimum atomic E-state index is -0.360. The molecule has 3 aliphatic carbocycles. The molecule has 0 fully saturated rings. The third-order valence-electron chi connectivity index (χ3n) is 6.30. The SMILES string of the molecule is C=C(C#N)C=C1C(=CC)C2=C(C=CCC2)C12c1ccccc1-c1ccccc12.